The molecule has 0 saturated heterocycles. The van der Waals surface area contributed by atoms with E-state index in [2.05, 4.69) is 9.44 Å². The molecule has 0 spiro atoms. The first-order valence-electron chi connectivity index (χ1n) is 5.71. The molecule has 1 fully saturated rings. The number of rotatable bonds is 4. The van der Waals surface area contributed by atoms with Crippen LogP contribution in [0.2, 0.25) is 0 Å². The molecule has 0 aromatic heterocycles. The van der Waals surface area contributed by atoms with Crippen LogP contribution in [0.1, 0.15) is 25.7 Å². The number of benzene rings is 1. The van der Waals surface area contributed by atoms with Crippen LogP contribution in [0.3, 0.4) is 0 Å². The van der Waals surface area contributed by atoms with Gasteiger partial charge in [0.25, 0.3) is 0 Å². The summed E-state index contributed by atoms with van der Waals surface area (Å²) in [5.41, 5.74) is 0. The van der Waals surface area contributed by atoms with E-state index in [1.54, 1.807) is 24.4 Å². The van der Waals surface area contributed by atoms with Gasteiger partial charge in [0.15, 0.2) is 0 Å². The Morgan fingerprint density at radius 3 is 2.47 bits per heavy atom. The van der Waals surface area contributed by atoms with Crippen LogP contribution in [0.5, 0.6) is 0 Å². The van der Waals surface area contributed by atoms with Crippen LogP contribution in [0.4, 0.5) is 0 Å². The molecular formula is C12H15NO3S. The fourth-order valence-corrected chi connectivity index (χ4v) is 2.64. The van der Waals surface area contributed by atoms with E-state index in [0.717, 1.165) is 12.8 Å². The van der Waals surface area contributed by atoms with Crippen molar-refractivity contribution in [1.29, 1.82) is 0 Å². The summed E-state index contributed by atoms with van der Waals surface area (Å²) in [5, 5.41) is 3.59. The minimum atomic E-state index is -3.75. The average Bonchev–Trinajstić information content (AvgIpc) is 2.83. The van der Waals surface area contributed by atoms with Crippen molar-refractivity contribution in [1.82, 2.24) is 0 Å². The molecule has 92 valence electrons. The quantitative estimate of drug-likeness (QED) is 0.612. The van der Waals surface area contributed by atoms with Crippen molar-refractivity contribution >= 4 is 16.3 Å². The topological polar surface area (TPSA) is 55.7 Å². The highest BCUT2D eigenvalue weighted by Crippen LogP contribution is 2.23. The van der Waals surface area contributed by atoms with Crippen LogP contribution < -0.4 is 0 Å². The summed E-state index contributed by atoms with van der Waals surface area (Å²) in [6.07, 6.45) is 6.11. The summed E-state index contributed by atoms with van der Waals surface area (Å²) < 4.78 is 28.0. The van der Waals surface area contributed by atoms with E-state index in [1.165, 1.54) is 25.0 Å². The van der Waals surface area contributed by atoms with Crippen LogP contribution in [0.25, 0.3) is 0 Å². The average molecular weight is 253 g/mol. The van der Waals surface area contributed by atoms with Crippen molar-refractivity contribution in [2.24, 2.45) is 11.1 Å². The smallest absolute Gasteiger partial charge is 0.265 e. The first-order valence-corrected chi connectivity index (χ1v) is 7.11. The SMILES string of the molecule is O=S(=O)(O/N=C/C1CCCC1)c1ccccc1. The van der Waals surface area contributed by atoms with Crippen LogP contribution in [-0.2, 0) is 14.4 Å². The van der Waals surface area contributed by atoms with E-state index in [0.29, 0.717) is 5.92 Å². The highest BCUT2D eigenvalue weighted by Gasteiger charge is 2.16. The third-order valence-electron chi connectivity index (χ3n) is 2.84. The fourth-order valence-electron chi connectivity index (χ4n) is 1.90. The predicted molar refractivity (Wildman–Crippen MR) is 65.2 cm³/mol. The normalized spacial score (nSPS) is 17.6. The maximum Gasteiger partial charge on any atom is 0.358 e. The Balaban J connectivity index is 1.98. The molecule has 0 heterocycles. The fraction of sp³-hybridized carbons (Fsp3) is 0.417. The largest absolute Gasteiger partial charge is 0.358 e. The highest BCUT2D eigenvalue weighted by atomic mass is 32.2. The van der Waals surface area contributed by atoms with Crippen molar-refractivity contribution in [2.45, 2.75) is 30.6 Å². The van der Waals surface area contributed by atoms with E-state index in [-0.39, 0.29) is 4.90 Å². The Kier molecular flexibility index (Phi) is 3.78. The molecule has 0 N–H and O–H groups in total. The molecule has 17 heavy (non-hydrogen) atoms. The van der Waals surface area contributed by atoms with E-state index in [4.69, 9.17) is 0 Å². The van der Waals surface area contributed by atoms with E-state index in [1.807, 2.05) is 0 Å². The molecule has 0 atom stereocenters. The van der Waals surface area contributed by atoms with Gasteiger partial charge in [-0.3, -0.25) is 4.28 Å². The second kappa shape index (κ2) is 5.31. The number of nitrogens with zero attached hydrogens (tertiary/aromatic N) is 1. The Labute approximate surface area is 101 Å². The molecule has 2 rings (SSSR count). The molecule has 1 aliphatic rings. The van der Waals surface area contributed by atoms with Gasteiger partial charge in [-0.1, -0.05) is 36.2 Å². The Morgan fingerprint density at radius 1 is 1.18 bits per heavy atom. The second-order valence-electron chi connectivity index (χ2n) is 4.14. The molecule has 1 saturated carbocycles. The highest BCUT2D eigenvalue weighted by molar-refractivity contribution is 7.86. The van der Waals surface area contributed by atoms with Crippen LogP contribution in [0.15, 0.2) is 40.4 Å². The monoisotopic (exact) mass is 253 g/mol. The lowest BCUT2D eigenvalue weighted by Crippen LogP contribution is -2.03. The molecule has 0 radical (unpaired) electrons. The third kappa shape index (κ3) is 3.30. The van der Waals surface area contributed by atoms with Crippen molar-refractivity contribution in [3.05, 3.63) is 30.3 Å². The van der Waals surface area contributed by atoms with Gasteiger partial charge < -0.3 is 0 Å². The molecule has 1 aromatic carbocycles. The minimum Gasteiger partial charge on any atom is -0.265 e. The van der Waals surface area contributed by atoms with Crippen LogP contribution in [-0.4, -0.2) is 14.6 Å². The zero-order chi connectivity index (χ0) is 12.1. The molecule has 0 unspecified atom stereocenters. The van der Waals surface area contributed by atoms with Gasteiger partial charge in [-0.2, -0.15) is 8.42 Å². The van der Waals surface area contributed by atoms with Gasteiger partial charge in [0, 0.05) is 6.21 Å². The Hall–Kier alpha value is -1.36. The van der Waals surface area contributed by atoms with Gasteiger partial charge >= 0.3 is 10.1 Å². The van der Waals surface area contributed by atoms with Crippen molar-refractivity contribution in [3.63, 3.8) is 0 Å². The summed E-state index contributed by atoms with van der Waals surface area (Å²) in [4.78, 5) is 0.128. The predicted octanol–water partition coefficient (Wildman–Crippen LogP) is 2.57. The Morgan fingerprint density at radius 2 is 1.82 bits per heavy atom. The molecule has 1 aromatic rings. The van der Waals surface area contributed by atoms with Gasteiger partial charge in [0.2, 0.25) is 0 Å². The zero-order valence-electron chi connectivity index (χ0n) is 9.45. The first kappa shape index (κ1) is 12.1. The molecule has 5 heteroatoms. The molecule has 0 aliphatic heterocycles. The van der Waals surface area contributed by atoms with E-state index < -0.39 is 10.1 Å². The van der Waals surface area contributed by atoms with Gasteiger partial charge in [0.05, 0.1) is 0 Å². The van der Waals surface area contributed by atoms with Crippen LogP contribution in [0, 0.1) is 5.92 Å². The first-order chi connectivity index (χ1) is 8.18. The maximum atomic E-state index is 11.7. The van der Waals surface area contributed by atoms with E-state index >= 15 is 0 Å². The second-order valence-corrected chi connectivity index (χ2v) is 5.67. The van der Waals surface area contributed by atoms with Crippen molar-refractivity contribution in [2.75, 3.05) is 0 Å². The van der Waals surface area contributed by atoms with E-state index in [9.17, 15) is 8.42 Å². The summed E-state index contributed by atoms with van der Waals surface area (Å²) >= 11 is 0. The summed E-state index contributed by atoms with van der Waals surface area (Å²) in [6, 6.07) is 8.02. The lowest BCUT2D eigenvalue weighted by molar-refractivity contribution is 0.338. The third-order valence-corrected chi connectivity index (χ3v) is 3.98. The van der Waals surface area contributed by atoms with Gasteiger partial charge in [-0.25, -0.2) is 0 Å². The number of hydrogen-bond acceptors (Lipinski definition) is 4. The summed E-state index contributed by atoms with van der Waals surface area (Å²) in [7, 11) is -3.75. The molecular weight excluding hydrogens is 238 g/mol. The minimum absolute atomic E-state index is 0.128. The zero-order valence-corrected chi connectivity index (χ0v) is 10.3. The van der Waals surface area contributed by atoms with Gasteiger partial charge in [0.1, 0.15) is 4.90 Å². The standard InChI is InChI=1S/C12H15NO3S/c14-17(15,12-8-2-1-3-9-12)16-13-10-11-6-4-5-7-11/h1-3,8-11H,4-7H2/b13-10+. The lowest BCUT2D eigenvalue weighted by Gasteiger charge is -2.02. The van der Waals surface area contributed by atoms with Crippen molar-refractivity contribution in [3.8, 4) is 0 Å². The molecule has 0 amide bonds. The maximum absolute atomic E-state index is 11.7. The molecule has 0 bridgehead atoms. The molecule has 1 aliphatic carbocycles. The van der Waals surface area contributed by atoms with Crippen molar-refractivity contribution < 1.29 is 12.7 Å². The summed E-state index contributed by atoms with van der Waals surface area (Å²) in [6.45, 7) is 0. The Bertz CT molecular complexity index is 476. The van der Waals surface area contributed by atoms with Gasteiger partial charge in [-0.05, 0) is 30.9 Å². The number of hydrogen-bond donors (Lipinski definition) is 0. The molecule has 4 nitrogen and oxygen atoms in total. The van der Waals surface area contributed by atoms with Gasteiger partial charge in [-0.15, -0.1) is 0 Å². The summed E-state index contributed by atoms with van der Waals surface area (Å²) in [5.74, 6) is 0.362. The lowest BCUT2D eigenvalue weighted by atomic mass is 10.1. The van der Waals surface area contributed by atoms with Crippen LogP contribution >= 0.6 is 0 Å². The number of oxime groups is 1.